The lowest BCUT2D eigenvalue weighted by molar-refractivity contribution is 0.277. The van der Waals surface area contributed by atoms with Gasteiger partial charge < -0.3 is 19.7 Å². The molecule has 1 aromatic rings. The first-order valence-electron chi connectivity index (χ1n) is 6.82. The molecule has 0 saturated heterocycles. The Labute approximate surface area is 116 Å². The Morgan fingerprint density at radius 3 is 2.68 bits per heavy atom. The number of nitrogens with zero attached hydrogens (tertiary/aromatic N) is 1. The molecular formula is C15H26N2O2. The van der Waals surface area contributed by atoms with Gasteiger partial charge in [-0.15, -0.1) is 0 Å². The van der Waals surface area contributed by atoms with Crippen molar-refractivity contribution in [1.29, 1.82) is 0 Å². The van der Waals surface area contributed by atoms with Gasteiger partial charge in [0.05, 0.1) is 13.7 Å². The van der Waals surface area contributed by atoms with Crippen molar-refractivity contribution >= 4 is 0 Å². The SMILES string of the molecule is CCNCc1ccc(OC)cc1OCCCN(C)C. The van der Waals surface area contributed by atoms with Gasteiger partial charge >= 0.3 is 0 Å². The highest BCUT2D eigenvalue weighted by molar-refractivity contribution is 5.40. The Balaban J connectivity index is 2.60. The van der Waals surface area contributed by atoms with Crippen molar-refractivity contribution in [3.05, 3.63) is 23.8 Å². The minimum Gasteiger partial charge on any atom is -0.497 e. The number of benzene rings is 1. The minimum atomic E-state index is 0.727. The molecule has 0 amide bonds. The summed E-state index contributed by atoms with van der Waals surface area (Å²) in [6, 6.07) is 5.99. The third-order valence-corrected chi connectivity index (χ3v) is 2.85. The molecule has 0 unspecified atom stereocenters. The van der Waals surface area contributed by atoms with E-state index in [4.69, 9.17) is 9.47 Å². The summed E-state index contributed by atoms with van der Waals surface area (Å²) in [4.78, 5) is 2.16. The molecule has 0 spiro atoms. The van der Waals surface area contributed by atoms with Crippen molar-refractivity contribution in [3.8, 4) is 11.5 Å². The van der Waals surface area contributed by atoms with Crippen LogP contribution in [0.25, 0.3) is 0 Å². The zero-order chi connectivity index (χ0) is 14.1. The minimum absolute atomic E-state index is 0.727. The predicted molar refractivity (Wildman–Crippen MR) is 79.0 cm³/mol. The Morgan fingerprint density at radius 2 is 2.05 bits per heavy atom. The van der Waals surface area contributed by atoms with Crippen LogP contribution < -0.4 is 14.8 Å². The Bertz CT molecular complexity index is 367. The second-order valence-electron chi connectivity index (χ2n) is 4.76. The summed E-state index contributed by atoms with van der Waals surface area (Å²) in [5.74, 6) is 1.75. The van der Waals surface area contributed by atoms with E-state index in [0.29, 0.717) is 0 Å². The van der Waals surface area contributed by atoms with Gasteiger partial charge in [0.2, 0.25) is 0 Å². The topological polar surface area (TPSA) is 33.7 Å². The molecule has 1 N–H and O–H groups in total. The molecule has 0 radical (unpaired) electrons. The van der Waals surface area contributed by atoms with Crippen LogP contribution in [0.4, 0.5) is 0 Å². The third kappa shape index (κ3) is 5.94. The van der Waals surface area contributed by atoms with E-state index in [1.807, 2.05) is 12.1 Å². The number of nitrogens with one attached hydrogen (secondary N) is 1. The van der Waals surface area contributed by atoms with Gasteiger partial charge in [0, 0.05) is 24.7 Å². The van der Waals surface area contributed by atoms with Gasteiger partial charge in [-0.1, -0.05) is 13.0 Å². The number of ether oxygens (including phenoxy) is 2. The van der Waals surface area contributed by atoms with Crippen LogP contribution in [0.3, 0.4) is 0 Å². The molecule has 108 valence electrons. The zero-order valence-corrected chi connectivity index (χ0v) is 12.5. The van der Waals surface area contributed by atoms with Gasteiger partial charge in [0.1, 0.15) is 11.5 Å². The molecule has 0 heterocycles. The highest BCUT2D eigenvalue weighted by Crippen LogP contribution is 2.25. The molecule has 0 aliphatic rings. The van der Waals surface area contributed by atoms with Crippen LogP contribution in [0.2, 0.25) is 0 Å². The molecule has 1 aromatic carbocycles. The van der Waals surface area contributed by atoms with Gasteiger partial charge in [-0.05, 0) is 33.1 Å². The molecule has 0 aliphatic heterocycles. The molecule has 4 heteroatoms. The van der Waals surface area contributed by atoms with Crippen molar-refractivity contribution in [2.45, 2.75) is 19.9 Å². The third-order valence-electron chi connectivity index (χ3n) is 2.85. The van der Waals surface area contributed by atoms with Gasteiger partial charge in [-0.2, -0.15) is 0 Å². The van der Waals surface area contributed by atoms with E-state index in [1.165, 1.54) is 5.56 Å². The molecule has 0 bridgehead atoms. The van der Waals surface area contributed by atoms with Gasteiger partial charge in [0.25, 0.3) is 0 Å². The molecule has 0 atom stereocenters. The monoisotopic (exact) mass is 266 g/mol. The van der Waals surface area contributed by atoms with Crippen molar-refractivity contribution in [2.24, 2.45) is 0 Å². The van der Waals surface area contributed by atoms with Crippen LogP contribution in [0, 0.1) is 0 Å². The van der Waals surface area contributed by atoms with E-state index in [9.17, 15) is 0 Å². The van der Waals surface area contributed by atoms with Crippen LogP contribution in [0.1, 0.15) is 18.9 Å². The molecular weight excluding hydrogens is 240 g/mol. The van der Waals surface area contributed by atoms with Crippen LogP contribution in [-0.4, -0.2) is 45.8 Å². The lowest BCUT2D eigenvalue weighted by atomic mass is 10.2. The van der Waals surface area contributed by atoms with Crippen LogP contribution in [0.15, 0.2) is 18.2 Å². The van der Waals surface area contributed by atoms with Gasteiger partial charge in [0.15, 0.2) is 0 Å². The first-order valence-corrected chi connectivity index (χ1v) is 6.82. The van der Waals surface area contributed by atoms with E-state index in [1.54, 1.807) is 7.11 Å². The maximum absolute atomic E-state index is 5.88. The normalized spacial score (nSPS) is 10.8. The fourth-order valence-corrected chi connectivity index (χ4v) is 1.76. The number of methoxy groups -OCH3 is 1. The molecule has 19 heavy (non-hydrogen) atoms. The fraction of sp³-hybridized carbons (Fsp3) is 0.600. The summed E-state index contributed by atoms with van der Waals surface area (Å²) >= 11 is 0. The van der Waals surface area contributed by atoms with Gasteiger partial charge in [-0.3, -0.25) is 0 Å². The zero-order valence-electron chi connectivity index (χ0n) is 12.5. The lowest BCUT2D eigenvalue weighted by Gasteiger charge is -2.14. The number of rotatable bonds is 9. The van der Waals surface area contributed by atoms with E-state index in [-0.39, 0.29) is 0 Å². The van der Waals surface area contributed by atoms with E-state index >= 15 is 0 Å². The van der Waals surface area contributed by atoms with Crippen molar-refractivity contribution < 1.29 is 9.47 Å². The fourth-order valence-electron chi connectivity index (χ4n) is 1.76. The summed E-state index contributed by atoms with van der Waals surface area (Å²) in [7, 11) is 5.82. The molecule has 4 nitrogen and oxygen atoms in total. The maximum Gasteiger partial charge on any atom is 0.127 e. The smallest absolute Gasteiger partial charge is 0.127 e. The van der Waals surface area contributed by atoms with Crippen LogP contribution in [0.5, 0.6) is 11.5 Å². The summed E-state index contributed by atoms with van der Waals surface area (Å²) < 4.78 is 11.1. The van der Waals surface area contributed by atoms with Crippen LogP contribution >= 0.6 is 0 Å². The number of hydrogen-bond donors (Lipinski definition) is 1. The summed E-state index contributed by atoms with van der Waals surface area (Å²) in [5.41, 5.74) is 1.17. The van der Waals surface area contributed by atoms with E-state index in [2.05, 4.69) is 37.3 Å². The van der Waals surface area contributed by atoms with Crippen LogP contribution in [-0.2, 0) is 6.54 Å². The Morgan fingerprint density at radius 1 is 1.26 bits per heavy atom. The summed E-state index contributed by atoms with van der Waals surface area (Å²) in [6.07, 6.45) is 1.02. The highest BCUT2D eigenvalue weighted by atomic mass is 16.5. The standard InChI is InChI=1S/C15H26N2O2/c1-5-16-12-13-7-8-14(18-4)11-15(13)19-10-6-9-17(2)3/h7-8,11,16H,5-6,9-10,12H2,1-4H3. The first kappa shape index (κ1) is 15.8. The molecule has 0 fully saturated rings. The molecule has 0 aromatic heterocycles. The molecule has 1 rings (SSSR count). The summed E-state index contributed by atoms with van der Waals surface area (Å²) in [6.45, 7) is 5.63. The maximum atomic E-state index is 5.88. The average molecular weight is 266 g/mol. The summed E-state index contributed by atoms with van der Waals surface area (Å²) in [5, 5.41) is 3.32. The Hall–Kier alpha value is -1.26. The van der Waals surface area contributed by atoms with E-state index in [0.717, 1.165) is 44.2 Å². The quantitative estimate of drug-likeness (QED) is 0.694. The predicted octanol–water partition coefficient (Wildman–Crippen LogP) is 2.14. The van der Waals surface area contributed by atoms with Crippen molar-refractivity contribution in [3.63, 3.8) is 0 Å². The first-order chi connectivity index (χ1) is 9.17. The number of hydrogen-bond acceptors (Lipinski definition) is 4. The molecule has 0 saturated carbocycles. The van der Waals surface area contributed by atoms with Crippen molar-refractivity contribution in [2.75, 3.05) is 40.9 Å². The van der Waals surface area contributed by atoms with Gasteiger partial charge in [-0.25, -0.2) is 0 Å². The highest BCUT2D eigenvalue weighted by Gasteiger charge is 2.05. The lowest BCUT2D eigenvalue weighted by Crippen LogP contribution is -2.16. The average Bonchev–Trinajstić information content (AvgIpc) is 2.41. The molecule has 0 aliphatic carbocycles. The Kier molecular flexibility index (Phi) is 7.30. The second-order valence-corrected chi connectivity index (χ2v) is 4.76. The van der Waals surface area contributed by atoms with Crippen molar-refractivity contribution in [1.82, 2.24) is 10.2 Å². The second kappa shape index (κ2) is 8.77. The van der Waals surface area contributed by atoms with E-state index < -0.39 is 0 Å². The largest absolute Gasteiger partial charge is 0.497 e.